The normalized spacial score (nSPS) is 14.7. The van der Waals surface area contributed by atoms with E-state index in [2.05, 4.69) is 40.3 Å². The van der Waals surface area contributed by atoms with E-state index in [1.807, 2.05) is 12.1 Å². The third-order valence-electron chi connectivity index (χ3n) is 3.33. The molecule has 3 heteroatoms. The molecule has 0 unspecified atom stereocenters. The minimum atomic E-state index is 0.740. The molecule has 1 N–H and O–H groups in total. The van der Waals surface area contributed by atoms with Crippen LogP contribution in [0.1, 0.15) is 18.5 Å². The van der Waals surface area contributed by atoms with Gasteiger partial charge in [0.1, 0.15) is 5.75 Å². The second-order valence-corrected chi connectivity index (χ2v) is 4.72. The van der Waals surface area contributed by atoms with Crippen LogP contribution in [0.25, 0.3) is 5.69 Å². The molecule has 2 aromatic rings. The number of nitrogens with one attached hydrogen (secondary N) is 1. The number of rotatable bonds is 5. The van der Waals surface area contributed by atoms with Crippen molar-refractivity contribution in [3.8, 4) is 11.4 Å². The predicted octanol–water partition coefficient (Wildman–Crippen LogP) is 2.74. The Balaban J connectivity index is 1.78. The van der Waals surface area contributed by atoms with E-state index in [-0.39, 0.29) is 0 Å². The summed E-state index contributed by atoms with van der Waals surface area (Å²) < 4.78 is 7.40. The molecule has 1 saturated carbocycles. The fourth-order valence-corrected chi connectivity index (χ4v) is 2.09. The third-order valence-corrected chi connectivity index (χ3v) is 3.33. The Kier molecular flexibility index (Phi) is 3.07. The highest BCUT2D eigenvalue weighted by molar-refractivity contribution is 5.39. The molecule has 0 bridgehead atoms. The second-order valence-electron chi connectivity index (χ2n) is 4.72. The molecule has 1 aromatic carbocycles. The van der Waals surface area contributed by atoms with E-state index in [4.69, 9.17) is 4.74 Å². The lowest BCUT2D eigenvalue weighted by atomic mass is 10.3. The summed E-state index contributed by atoms with van der Waals surface area (Å²) in [5.41, 5.74) is 2.47. The van der Waals surface area contributed by atoms with Crippen LogP contribution in [0.4, 0.5) is 0 Å². The monoisotopic (exact) mass is 242 g/mol. The molecule has 18 heavy (non-hydrogen) atoms. The molecule has 0 aliphatic heterocycles. The minimum Gasteiger partial charge on any atom is -0.497 e. The Hall–Kier alpha value is -1.74. The Bertz CT molecular complexity index is 512. The van der Waals surface area contributed by atoms with E-state index in [0.29, 0.717) is 0 Å². The van der Waals surface area contributed by atoms with Gasteiger partial charge in [-0.05, 0) is 49.2 Å². The topological polar surface area (TPSA) is 26.2 Å². The van der Waals surface area contributed by atoms with Crippen molar-refractivity contribution < 1.29 is 4.74 Å². The van der Waals surface area contributed by atoms with Gasteiger partial charge in [-0.15, -0.1) is 0 Å². The van der Waals surface area contributed by atoms with Crippen LogP contribution in [0.3, 0.4) is 0 Å². The van der Waals surface area contributed by atoms with Gasteiger partial charge >= 0.3 is 0 Å². The number of ether oxygens (including phenoxy) is 1. The van der Waals surface area contributed by atoms with Crippen LogP contribution < -0.4 is 10.1 Å². The van der Waals surface area contributed by atoms with Crippen LogP contribution in [0.5, 0.6) is 5.75 Å². The smallest absolute Gasteiger partial charge is 0.119 e. The van der Waals surface area contributed by atoms with Crippen LogP contribution in [0.2, 0.25) is 0 Å². The first-order valence-corrected chi connectivity index (χ1v) is 6.41. The van der Waals surface area contributed by atoms with Gasteiger partial charge in [0.25, 0.3) is 0 Å². The van der Waals surface area contributed by atoms with Gasteiger partial charge in [0.05, 0.1) is 7.11 Å². The van der Waals surface area contributed by atoms with E-state index in [1.54, 1.807) is 7.11 Å². The fourth-order valence-electron chi connectivity index (χ4n) is 2.09. The van der Waals surface area contributed by atoms with Crippen LogP contribution in [-0.2, 0) is 6.54 Å². The van der Waals surface area contributed by atoms with Gasteiger partial charge in [0.2, 0.25) is 0 Å². The summed E-state index contributed by atoms with van der Waals surface area (Å²) in [5, 5.41) is 3.55. The highest BCUT2D eigenvalue weighted by Crippen LogP contribution is 2.21. The van der Waals surface area contributed by atoms with Crippen molar-refractivity contribution in [3.63, 3.8) is 0 Å². The maximum atomic E-state index is 5.18. The lowest BCUT2D eigenvalue weighted by Gasteiger charge is -2.10. The van der Waals surface area contributed by atoms with E-state index in [9.17, 15) is 0 Å². The first-order chi connectivity index (χ1) is 8.86. The molecule has 0 atom stereocenters. The van der Waals surface area contributed by atoms with Crippen molar-refractivity contribution in [2.75, 3.05) is 7.11 Å². The number of hydrogen-bond acceptors (Lipinski definition) is 2. The van der Waals surface area contributed by atoms with E-state index >= 15 is 0 Å². The zero-order valence-electron chi connectivity index (χ0n) is 10.6. The maximum absolute atomic E-state index is 5.18. The van der Waals surface area contributed by atoms with Gasteiger partial charge in [0, 0.05) is 30.2 Å². The maximum Gasteiger partial charge on any atom is 0.119 e. The van der Waals surface area contributed by atoms with Gasteiger partial charge < -0.3 is 14.6 Å². The summed E-state index contributed by atoms with van der Waals surface area (Å²) in [4.78, 5) is 0. The van der Waals surface area contributed by atoms with Gasteiger partial charge in [-0.3, -0.25) is 0 Å². The first kappa shape index (κ1) is 11.4. The number of hydrogen-bond donors (Lipinski definition) is 1. The van der Waals surface area contributed by atoms with Gasteiger partial charge in [-0.2, -0.15) is 0 Å². The highest BCUT2D eigenvalue weighted by Gasteiger charge is 2.20. The Morgan fingerprint density at radius 2 is 2.00 bits per heavy atom. The van der Waals surface area contributed by atoms with Crippen LogP contribution in [-0.4, -0.2) is 17.7 Å². The molecule has 3 nitrogen and oxygen atoms in total. The Morgan fingerprint density at radius 1 is 1.22 bits per heavy atom. The van der Waals surface area contributed by atoms with E-state index in [0.717, 1.165) is 18.3 Å². The summed E-state index contributed by atoms with van der Waals surface area (Å²) >= 11 is 0. The van der Waals surface area contributed by atoms with Crippen molar-refractivity contribution in [2.24, 2.45) is 0 Å². The van der Waals surface area contributed by atoms with E-state index < -0.39 is 0 Å². The summed E-state index contributed by atoms with van der Waals surface area (Å²) in [6.45, 7) is 0.934. The minimum absolute atomic E-state index is 0.740. The predicted molar refractivity (Wildman–Crippen MR) is 72.2 cm³/mol. The molecule has 3 rings (SSSR count). The third kappa shape index (κ3) is 2.41. The van der Waals surface area contributed by atoms with Gasteiger partial charge in [-0.25, -0.2) is 0 Å². The number of aromatic nitrogens is 1. The second kappa shape index (κ2) is 4.86. The van der Waals surface area contributed by atoms with Gasteiger partial charge in [-0.1, -0.05) is 0 Å². The fraction of sp³-hybridized carbons (Fsp3) is 0.333. The number of methoxy groups -OCH3 is 1. The molecular weight excluding hydrogens is 224 g/mol. The number of nitrogens with zero attached hydrogens (tertiary/aromatic N) is 1. The lowest BCUT2D eigenvalue weighted by Crippen LogP contribution is -2.17. The van der Waals surface area contributed by atoms with Crippen molar-refractivity contribution in [1.82, 2.24) is 9.88 Å². The molecule has 0 spiro atoms. The molecule has 94 valence electrons. The molecule has 0 radical (unpaired) electrons. The zero-order valence-corrected chi connectivity index (χ0v) is 10.6. The molecule has 1 heterocycles. The van der Waals surface area contributed by atoms with Crippen molar-refractivity contribution in [3.05, 3.63) is 48.3 Å². The largest absolute Gasteiger partial charge is 0.497 e. The molecule has 1 aliphatic carbocycles. The Morgan fingerprint density at radius 3 is 2.67 bits per heavy atom. The molecular formula is C15H18N2O. The zero-order chi connectivity index (χ0) is 12.4. The molecule has 1 fully saturated rings. The molecule has 0 saturated heterocycles. The summed E-state index contributed by atoms with van der Waals surface area (Å²) in [7, 11) is 1.69. The standard InChI is InChI=1S/C15H18N2O/c1-18-15-8-6-13(7-9-15)17-10-2-3-14(17)11-16-12-4-5-12/h2-3,6-10,12,16H,4-5,11H2,1H3. The SMILES string of the molecule is COc1ccc(-n2cccc2CNC2CC2)cc1. The van der Waals surface area contributed by atoms with Crippen molar-refractivity contribution in [2.45, 2.75) is 25.4 Å². The summed E-state index contributed by atoms with van der Waals surface area (Å²) in [6.07, 6.45) is 4.75. The average molecular weight is 242 g/mol. The lowest BCUT2D eigenvalue weighted by molar-refractivity contribution is 0.414. The highest BCUT2D eigenvalue weighted by atomic mass is 16.5. The van der Waals surface area contributed by atoms with Crippen molar-refractivity contribution in [1.29, 1.82) is 0 Å². The van der Waals surface area contributed by atoms with Gasteiger partial charge in [0.15, 0.2) is 0 Å². The molecule has 1 aromatic heterocycles. The molecule has 0 amide bonds. The van der Waals surface area contributed by atoms with Crippen LogP contribution in [0.15, 0.2) is 42.6 Å². The van der Waals surface area contributed by atoms with Crippen LogP contribution >= 0.6 is 0 Å². The average Bonchev–Trinajstić information content (AvgIpc) is 3.14. The Labute approximate surface area is 107 Å². The van der Waals surface area contributed by atoms with Crippen LogP contribution in [0, 0.1) is 0 Å². The van der Waals surface area contributed by atoms with Crippen molar-refractivity contribution >= 4 is 0 Å². The number of benzene rings is 1. The molecule has 1 aliphatic rings. The summed E-state index contributed by atoms with van der Waals surface area (Å²) in [5.74, 6) is 0.892. The first-order valence-electron chi connectivity index (χ1n) is 6.41. The summed E-state index contributed by atoms with van der Waals surface area (Å²) in [6, 6.07) is 13.2. The van der Waals surface area contributed by atoms with E-state index in [1.165, 1.54) is 24.2 Å². The quantitative estimate of drug-likeness (QED) is 0.872.